The first kappa shape index (κ1) is 67.6. The number of hydrogen-bond donors (Lipinski definition) is 3. The summed E-state index contributed by atoms with van der Waals surface area (Å²) >= 11 is 0. The number of carbonyl (C=O) groups excluding carboxylic acids is 2. The Bertz CT molecular complexity index is 1030. The van der Waals surface area contributed by atoms with Crippen LogP contribution in [0.2, 0.25) is 0 Å². The maximum absolute atomic E-state index is 12.5. The first-order chi connectivity index (χ1) is 34.0. The molecule has 0 saturated heterocycles. The molecule has 0 bridgehead atoms. The van der Waals surface area contributed by atoms with Crippen LogP contribution in [0, 0.1) is 0 Å². The van der Waals surface area contributed by atoms with Crippen LogP contribution in [-0.4, -0.2) is 47.4 Å². The van der Waals surface area contributed by atoms with Gasteiger partial charge in [0.05, 0.1) is 25.4 Å². The number of carbonyl (C=O) groups is 2. The minimum absolute atomic E-state index is 0.00410. The van der Waals surface area contributed by atoms with E-state index in [-0.39, 0.29) is 18.5 Å². The molecule has 0 fully saturated rings. The molecule has 0 spiro atoms. The minimum atomic E-state index is -0.665. The average molecular weight is 975 g/mol. The quantitative estimate of drug-likeness (QED) is 0.0321. The third-order valence-corrected chi connectivity index (χ3v) is 14.8. The van der Waals surface area contributed by atoms with Crippen LogP contribution in [-0.2, 0) is 14.3 Å². The topological polar surface area (TPSA) is 95.9 Å². The zero-order chi connectivity index (χ0) is 50.0. The highest BCUT2D eigenvalue weighted by molar-refractivity contribution is 5.76. The molecule has 6 nitrogen and oxygen atoms in total. The summed E-state index contributed by atoms with van der Waals surface area (Å²) in [5.74, 6) is -0.0300. The average Bonchev–Trinajstić information content (AvgIpc) is 3.35. The highest BCUT2D eigenvalue weighted by atomic mass is 16.5. The Morgan fingerprint density at radius 3 is 1.03 bits per heavy atom. The fourth-order valence-corrected chi connectivity index (χ4v) is 9.99. The second kappa shape index (κ2) is 59.2. The summed E-state index contributed by atoms with van der Waals surface area (Å²) in [7, 11) is 0. The number of hydrogen-bond acceptors (Lipinski definition) is 5. The van der Waals surface area contributed by atoms with Gasteiger partial charge in [0, 0.05) is 12.8 Å². The van der Waals surface area contributed by atoms with Crippen molar-refractivity contribution in [2.24, 2.45) is 0 Å². The maximum Gasteiger partial charge on any atom is 0.305 e. The van der Waals surface area contributed by atoms with E-state index < -0.39 is 12.1 Å². The molecule has 0 saturated carbocycles. The van der Waals surface area contributed by atoms with Gasteiger partial charge >= 0.3 is 5.97 Å². The van der Waals surface area contributed by atoms with Gasteiger partial charge < -0.3 is 20.3 Å². The van der Waals surface area contributed by atoms with E-state index in [1.54, 1.807) is 0 Å². The molecule has 0 heterocycles. The van der Waals surface area contributed by atoms with Crippen molar-refractivity contribution in [3.8, 4) is 0 Å². The van der Waals surface area contributed by atoms with Crippen LogP contribution < -0.4 is 5.32 Å². The molecule has 1 amide bonds. The van der Waals surface area contributed by atoms with Gasteiger partial charge in [-0.15, -0.1) is 0 Å². The van der Waals surface area contributed by atoms with Crippen LogP contribution in [0.25, 0.3) is 0 Å². The number of aliphatic hydroxyl groups excluding tert-OH is 2. The lowest BCUT2D eigenvalue weighted by Crippen LogP contribution is -2.45. The third-order valence-electron chi connectivity index (χ3n) is 14.8. The molecular weight excluding hydrogens is 851 g/mol. The van der Waals surface area contributed by atoms with E-state index in [1.807, 2.05) is 0 Å². The number of rotatable bonds is 59. The van der Waals surface area contributed by atoms with Crippen LogP contribution in [0.3, 0.4) is 0 Å². The Kier molecular flexibility index (Phi) is 58.0. The molecular formula is C63H123NO5. The molecule has 0 aromatic heterocycles. The van der Waals surface area contributed by atoms with Crippen molar-refractivity contribution in [1.29, 1.82) is 0 Å². The van der Waals surface area contributed by atoms with E-state index in [2.05, 4.69) is 31.3 Å². The highest BCUT2D eigenvalue weighted by Gasteiger charge is 2.20. The van der Waals surface area contributed by atoms with Crippen LogP contribution in [0.5, 0.6) is 0 Å². The van der Waals surface area contributed by atoms with Gasteiger partial charge in [-0.05, 0) is 51.4 Å². The van der Waals surface area contributed by atoms with Crippen molar-refractivity contribution in [3.05, 3.63) is 12.2 Å². The van der Waals surface area contributed by atoms with Crippen LogP contribution in [0.15, 0.2) is 12.2 Å². The van der Waals surface area contributed by atoms with E-state index in [1.165, 1.54) is 276 Å². The Morgan fingerprint density at radius 2 is 0.681 bits per heavy atom. The van der Waals surface area contributed by atoms with Crippen molar-refractivity contribution < 1.29 is 24.5 Å². The third kappa shape index (κ3) is 55.8. The van der Waals surface area contributed by atoms with E-state index in [0.29, 0.717) is 25.9 Å². The number of esters is 1. The summed E-state index contributed by atoms with van der Waals surface area (Å²) in [4.78, 5) is 24.6. The molecule has 0 aliphatic heterocycles. The van der Waals surface area contributed by atoms with E-state index in [4.69, 9.17) is 4.74 Å². The lowest BCUT2D eigenvalue weighted by molar-refractivity contribution is -0.143. The largest absolute Gasteiger partial charge is 0.466 e. The normalized spacial score (nSPS) is 12.6. The second-order valence-electron chi connectivity index (χ2n) is 21.7. The molecule has 0 aromatic rings. The molecule has 410 valence electrons. The van der Waals surface area contributed by atoms with Crippen molar-refractivity contribution in [2.45, 2.75) is 366 Å². The lowest BCUT2D eigenvalue weighted by atomic mass is 10.0. The molecule has 2 unspecified atom stereocenters. The Balaban J connectivity index is 3.38. The number of ether oxygens (including phenoxy) is 1. The zero-order valence-corrected chi connectivity index (χ0v) is 46.8. The van der Waals surface area contributed by atoms with Crippen molar-refractivity contribution >= 4 is 11.9 Å². The SMILES string of the molecule is CCCCCCCCC/C=C\CCCCCCCC(=O)OCCCCCCCCCCCCCCCCCCCCCCC(=O)NC(CO)C(O)CCCCCCCCCCCCCCCCCC. The molecule has 0 radical (unpaired) electrons. The molecule has 0 aliphatic carbocycles. The van der Waals surface area contributed by atoms with E-state index in [9.17, 15) is 19.8 Å². The monoisotopic (exact) mass is 974 g/mol. The molecule has 2 atom stereocenters. The molecule has 69 heavy (non-hydrogen) atoms. The van der Waals surface area contributed by atoms with Crippen molar-refractivity contribution in [2.75, 3.05) is 13.2 Å². The Labute approximate surface area is 431 Å². The fraction of sp³-hybridized carbons (Fsp3) is 0.937. The van der Waals surface area contributed by atoms with E-state index in [0.717, 1.165) is 44.9 Å². The maximum atomic E-state index is 12.5. The van der Waals surface area contributed by atoms with Crippen LogP contribution in [0.4, 0.5) is 0 Å². The molecule has 6 heteroatoms. The number of nitrogens with one attached hydrogen (secondary N) is 1. The number of unbranched alkanes of at least 4 members (excludes halogenated alkanes) is 46. The first-order valence-corrected chi connectivity index (χ1v) is 31.4. The molecule has 0 rings (SSSR count). The fourth-order valence-electron chi connectivity index (χ4n) is 9.99. The standard InChI is InChI=1S/C63H123NO5/c1-3-5-7-9-11-13-15-17-19-27-31-35-39-43-47-51-55-61(66)60(59-65)64-62(67)56-52-48-44-40-36-32-28-25-23-21-22-24-26-30-34-38-42-46-50-54-58-69-63(68)57-53-49-45-41-37-33-29-20-18-16-14-12-10-8-6-4-2/h20,29,60-61,65-66H,3-19,21-28,30-59H2,1-2H3,(H,64,67)/b29-20-. The van der Waals surface area contributed by atoms with Gasteiger partial charge in [0.2, 0.25) is 5.91 Å². The zero-order valence-electron chi connectivity index (χ0n) is 46.8. The summed E-state index contributed by atoms with van der Waals surface area (Å²) in [5, 5.41) is 23.3. The summed E-state index contributed by atoms with van der Waals surface area (Å²) in [6, 6.07) is -0.542. The van der Waals surface area contributed by atoms with Crippen LogP contribution >= 0.6 is 0 Å². The lowest BCUT2D eigenvalue weighted by Gasteiger charge is -2.22. The Hall–Kier alpha value is -1.40. The smallest absolute Gasteiger partial charge is 0.305 e. The van der Waals surface area contributed by atoms with Gasteiger partial charge in [0.1, 0.15) is 0 Å². The molecule has 0 aromatic carbocycles. The minimum Gasteiger partial charge on any atom is -0.466 e. The summed E-state index contributed by atoms with van der Waals surface area (Å²) < 4.78 is 5.49. The summed E-state index contributed by atoms with van der Waals surface area (Å²) in [6.45, 7) is 4.97. The second-order valence-corrected chi connectivity index (χ2v) is 21.7. The highest BCUT2D eigenvalue weighted by Crippen LogP contribution is 2.18. The summed E-state index contributed by atoms with van der Waals surface area (Å²) in [5.41, 5.74) is 0. The van der Waals surface area contributed by atoms with Crippen molar-refractivity contribution in [1.82, 2.24) is 5.32 Å². The summed E-state index contributed by atoms with van der Waals surface area (Å²) in [6.07, 6.45) is 70.7. The molecule has 0 aliphatic rings. The van der Waals surface area contributed by atoms with Gasteiger partial charge in [-0.3, -0.25) is 9.59 Å². The van der Waals surface area contributed by atoms with Gasteiger partial charge in [-0.25, -0.2) is 0 Å². The van der Waals surface area contributed by atoms with Crippen molar-refractivity contribution in [3.63, 3.8) is 0 Å². The van der Waals surface area contributed by atoms with Gasteiger partial charge in [0.15, 0.2) is 0 Å². The number of aliphatic hydroxyl groups is 2. The van der Waals surface area contributed by atoms with E-state index >= 15 is 0 Å². The van der Waals surface area contributed by atoms with Crippen LogP contribution in [0.1, 0.15) is 354 Å². The first-order valence-electron chi connectivity index (χ1n) is 31.4. The Morgan fingerprint density at radius 1 is 0.391 bits per heavy atom. The van der Waals surface area contributed by atoms with Gasteiger partial charge in [-0.2, -0.15) is 0 Å². The molecule has 3 N–H and O–H groups in total. The number of amides is 1. The van der Waals surface area contributed by atoms with Gasteiger partial charge in [0.25, 0.3) is 0 Å². The predicted molar refractivity (Wildman–Crippen MR) is 301 cm³/mol. The van der Waals surface area contributed by atoms with Gasteiger partial charge in [-0.1, -0.05) is 302 Å². The number of allylic oxidation sites excluding steroid dienone is 2. The predicted octanol–water partition coefficient (Wildman–Crippen LogP) is 19.6.